The van der Waals surface area contributed by atoms with Crippen molar-refractivity contribution in [1.29, 1.82) is 0 Å². The van der Waals surface area contributed by atoms with Gasteiger partial charge in [0.2, 0.25) is 0 Å². The lowest BCUT2D eigenvalue weighted by atomic mass is 10.2. The van der Waals surface area contributed by atoms with Gasteiger partial charge in [0, 0.05) is 17.8 Å². The van der Waals surface area contributed by atoms with Gasteiger partial charge in [-0.15, -0.1) is 0 Å². The van der Waals surface area contributed by atoms with Gasteiger partial charge in [0.15, 0.2) is 0 Å². The molecule has 0 radical (unpaired) electrons. The monoisotopic (exact) mass is 467 g/mol. The topological polar surface area (TPSA) is 102 Å². The van der Waals surface area contributed by atoms with E-state index in [0.717, 1.165) is 12.8 Å². The van der Waals surface area contributed by atoms with E-state index >= 15 is 0 Å². The predicted octanol–water partition coefficient (Wildman–Crippen LogP) is 3.70. The van der Waals surface area contributed by atoms with Gasteiger partial charge in [-0.2, -0.15) is 5.10 Å². The second-order valence-electron chi connectivity index (χ2n) is 8.00. The molecule has 1 saturated carbocycles. The van der Waals surface area contributed by atoms with Crippen LogP contribution in [0.1, 0.15) is 18.4 Å². The van der Waals surface area contributed by atoms with E-state index in [1.54, 1.807) is 41.2 Å². The molecule has 1 fully saturated rings. The zero-order valence-electron chi connectivity index (χ0n) is 17.3. The standard InChI is InChI=1S/C23H19ClFN5O3/c24-16-11-26-20(28-21(23(32)33)13-5-6-13)9-19(16)29-8-7-18-15(22(29)31)10-27-30(18)12-14-3-1-2-4-17(14)25/h1-4,7-11,13,21H,5-6,12H2,(H,26,28)(H,32,33)/t21-/m0/s1. The summed E-state index contributed by atoms with van der Waals surface area (Å²) >= 11 is 6.33. The van der Waals surface area contributed by atoms with E-state index in [2.05, 4.69) is 15.4 Å². The number of rotatable bonds is 7. The number of nitrogens with zero attached hydrogens (tertiary/aromatic N) is 4. The minimum atomic E-state index is -0.948. The van der Waals surface area contributed by atoms with E-state index in [1.807, 2.05) is 0 Å². The maximum atomic E-state index is 14.1. The molecule has 0 spiro atoms. The highest BCUT2D eigenvalue weighted by atomic mass is 35.5. The van der Waals surface area contributed by atoms with Gasteiger partial charge in [-0.1, -0.05) is 29.8 Å². The Hall–Kier alpha value is -3.72. The number of halogens is 2. The van der Waals surface area contributed by atoms with Crippen LogP contribution in [0.3, 0.4) is 0 Å². The second kappa shape index (κ2) is 8.32. The van der Waals surface area contributed by atoms with E-state index in [9.17, 15) is 19.1 Å². The summed E-state index contributed by atoms with van der Waals surface area (Å²) in [5.74, 6) is -0.917. The molecule has 1 aliphatic carbocycles. The lowest BCUT2D eigenvalue weighted by molar-refractivity contribution is -0.138. The first-order valence-corrected chi connectivity index (χ1v) is 10.8. The van der Waals surface area contributed by atoms with E-state index in [0.29, 0.717) is 28.0 Å². The summed E-state index contributed by atoms with van der Waals surface area (Å²) in [5.41, 5.74) is 1.03. The summed E-state index contributed by atoms with van der Waals surface area (Å²) in [7, 11) is 0. The first kappa shape index (κ1) is 21.1. The first-order valence-electron chi connectivity index (χ1n) is 10.4. The van der Waals surface area contributed by atoms with Crippen LogP contribution in [-0.2, 0) is 11.3 Å². The van der Waals surface area contributed by atoms with Gasteiger partial charge >= 0.3 is 5.97 Å². The number of carbonyl (C=O) groups is 1. The van der Waals surface area contributed by atoms with Crippen molar-refractivity contribution in [2.24, 2.45) is 5.92 Å². The fourth-order valence-corrected chi connectivity index (χ4v) is 4.04. The minimum Gasteiger partial charge on any atom is -0.480 e. The Morgan fingerprint density at radius 2 is 2.06 bits per heavy atom. The minimum absolute atomic E-state index is 0.0581. The Morgan fingerprint density at radius 1 is 1.27 bits per heavy atom. The average molecular weight is 468 g/mol. The quantitative estimate of drug-likeness (QED) is 0.429. The molecule has 0 unspecified atom stereocenters. The number of benzene rings is 1. The number of carboxylic acid groups (broad SMARTS) is 1. The van der Waals surface area contributed by atoms with Crippen molar-refractivity contribution < 1.29 is 14.3 Å². The van der Waals surface area contributed by atoms with E-state index < -0.39 is 12.0 Å². The van der Waals surface area contributed by atoms with Crippen LogP contribution in [0.5, 0.6) is 0 Å². The number of nitrogens with one attached hydrogen (secondary N) is 1. The average Bonchev–Trinajstić information content (AvgIpc) is 3.55. The summed E-state index contributed by atoms with van der Waals surface area (Å²) in [6.45, 7) is 0.182. The highest BCUT2D eigenvalue weighted by Gasteiger charge is 2.36. The van der Waals surface area contributed by atoms with Crippen LogP contribution >= 0.6 is 11.6 Å². The SMILES string of the molecule is O=C(O)[C@@H](Nc1cc(-n2ccc3c(cnn3Cc3ccccc3F)c2=O)c(Cl)cn1)C1CC1. The molecule has 4 aromatic rings. The summed E-state index contributed by atoms with van der Waals surface area (Å²) in [4.78, 5) is 28.9. The molecule has 0 amide bonds. The number of pyridine rings is 2. The van der Waals surface area contributed by atoms with Gasteiger partial charge in [0.25, 0.3) is 5.56 Å². The van der Waals surface area contributed by atoms with Crippen molar-refractivity contribution in [2.45, 2.75) is 25.4 Å². The number of hydrogen-bond donors (Lipinski definition) is 2. The Kier molecular flexibility index (Phi) is 5.33. The van der Waals surface area contributed by atoms with Crippen LogP contribution in [0.4, 0.5) is 10.2 Å². The molecule has 168 valence electrons. The smallest absolute Gasteiger partial charge is 0.326 e. The lowest BCUT2D eigenvalue weighted by Crippen LogP contribution is -2.31. The molecule has 33 heavy (non-hydrogen) atoms. The van der Waals surface area contributed by atoms with Crippen molar-refractivity contribution in [3.63, 3.8) is 0 Å². The molecular formula is C23H19ClFN5O3. The Balaban J connectivity index is 1.50. The van der Waals surface area contributed by atoms with Crippen molar-refractivity contribution in [1.82, 2.24) is 19.3 Å². The fraction of sp³-hybridized carbons (Fsp3) is 0.217. The Morgan fingerprint density at radius 3 is 2.79 bits per heavy atom. The molecule has 1 aromatic carbocycles. The molecule has 1 atom stereocenters. The predicted molar refractivity (Wildman–Crippen MR) is 121 cm³/mol. The number of hydrogen-bond acceptors (Lipinski definition) is 5. The Bertz CT molecular complexity index is 1430. The number of aromatic nitrogens is 4. The number of aliphatic carboxylic acids is 1. The van der Waals surface area contributed by atoms with E-state index in [-0.39, 0.29) is 28.9 Å². The third kappa shape index (κ3) is 4.07. The van der Waals surface area contributed by atoms with Crippen molar-refractivity contribution >= 4 is 34.3 Å². The molecule has 5 rings (SSSR count). The zero-order chi connectivity index (χ0) is 23.1. The molecule has 3 heterocycles. The lowest BCUT2D eigenvalue weighted by Gasteiger charge is -2.16. The third-order valence-electron chi connectivity index (χ3n) is 5.75. The van der Waals surface area contributed by atoms with Gasteiger partial charge in [-0.3, -0.25) is 14.0 Å². The summed E-state index contributed by atoms with van der Waals surface area (Å²) in [6.07, 6.45) is 6.07. The third-order valence-corrected chi connectivity index (χ3v) is 6.04. The van der Waals surface area contributed by atoms with Crippen LogP contribution in [0.2, 0.25) is 5.02 Å². The van der Waals surface area contributed by atoms with Crippen LogP contribution in [-0.4, -0.2) is 36.4 Å². The molecule has 0 bridgehead atoms. The normalized spacial score (nSPS) is 14.4. The van der Waals surface area contributed by atoms with Crippen molar-refractivity contribution in [3.05, 3.63) is 81.7 Å². The maximum Gasteiger partial charge on any atom is 0.326 e. The summed E-state index contributed by atoms with van der Waals surface area (Å²) in [6, 6.07) is 8.92. The first-order chi connectivity index (χ1) is 15.9. The second-order valence-corrected chi connectivity index (χ2v) is 8.41. The van der Waals surface area contributed by atoms with Crippen LogP contribution in [0.15, 0.2) is 59.8 Å². The van der Waals surface area contributed by atoms with Gasteiger partial charge in [0.1, 0.15) is 17.7 Å². The summed E-state index contributed by atoms with van der Waals surface area (Å²) in [5, 5.41) is 17.3. The highest BCUT2D eigenvalue weighted by Crippen LogP contribution is 2.34. The Labute approximate surface area is 192 Å². The maximum absolute atomic E-state index is 14.1. The zero-order valence-corrected chi connectivity index (χ0v) is 18.0. The van der Waals surface area contributed by atoms with Gasteiger partial charge in [-0.25, -0.2) is 14.2 Å². The van der Waals surface area contributed by atoms with E-state index in [4.69, 9.17) is 11.6 Å². The van der Waals surface area contributed by atoms with E-state index in [1.165, 1.54) is 23.0 Å². The molecular weight excluding hydrogens is 449 g/mol. The van der Waals surface area contributed by atoms with Crippen LogP contribution < -0.4 is 10.9 Å². The molecule has 1 aliphatic rings. The van der Waals surface area contributed by atoms with Crippen LogP contribution in [0, 0.1) is 11.7 Å². The van der Waals surface area contributed by atoms with Gasteiger partial charge in [0.05, 0.1) is 40.6 Å². The van der Waals surface area contributed by atoms with Gasteiger partial charge < -0.3 is 10.4 Å². The molecule has 2 N–H and O–H groups in total. The van der Waals surface area contributed by atoms with Crippen molar-refractivity contribution in [3.8, 4) is 5.69 Å². The van der Waals surface area contributed by atoms with Crippen molar-refractivity contribution in [2.75, 3.05) is 5.32 Å². The number of fused-ring (bicyclic) bond motifs is 1. The molecule has 3 aromatic heterocycles. The largest absolute Gasteiger partial charge is 0.480 e. The molecule has 0 saturated heterocycles. The molecule has 10 heteroatoms. The molecule has 8 nitrogen and oxygen atoms in total. The number of carboxylic acids is 1. The summed E-state index contributed by atoms with van der Waals surface area (Å²) < 4.78 is 17.0. The number of anilines is 1. The van der Waals surface area contributed by atoms with Gasteiger partial charge in [-0.05, 0) is 30.9 Å². The van der Waals surface area contributed by atoms with Crippen LogP contribution in [0.25, 0.3) is 16.6 Å². The molecule has 0 aliphatic heterocycles. The highest BCUT2D eigenvalue weighted by molar-refractivity contribution is 6.32. The fourth-order valence-electron chi connectivity index (χ4n) is 3.84.